The van der Waals surface area contributed by atoms with E-state index < -0.39 is 16.8 Å². The summed E-state index contributed by atoms with van der Waals surface area (Å²) in [6.07, 6.45) is 4.23. The van der Waals surface area contributed by atoms with Gasteiger partial charge in [-0.1, -0.05) is 13.8 Å². The summed E-state index contributed by atoms with van der Waals surface area (Å²) >= 11 is 0. The third-order valence-corrected chi connectivity index (χ3v) is 7.57. The Morgan fingerprint density at radius 2 is 2.00 bits per heavy atom. The number of carboxylic acid groups (broad SMARTS) is 1. The minimum atomic E-state index is -0.963. The van der Waals surface area contributed by atoms with Crippen LogP contribution in [-0.2, 0) is 20.4 Å². The van der Waals surface area contributed by atoms with Crippen LogP contribution in [0.15, 0.2) is 0 Å². The van der Waals surface area contributed by atoms with Crippen molar-refractivity contribution in [2.24, 2.45) is 0 Å². The molecule has 0 aromatic carbocycles. The first-order valence-electron chi connectivity index (χ1n) is 8.56. The minimum Gasteiger partial charge on any atom is -0.480 e. The summed E-state index contributed by atoms with van der Waals surface area (Å²) in [5.41, 5.74) is 0. The largest absolute Gasteiger partial charge is 0.480 e. The fourth-order valence-corrected chi connectivity index (χ4v) is 5.53. The van der Waals surface area contributed by atoms with Gasteiger partial charge in [-0.25, -0.2) is 0 Å². The summed E-state index contributed by atoms with van der Waals surface area (Å²) in [6.45, 7) is 5.76. The monoisotopic (exact) mass is 344 g/mol. The molecule has 2 saturated heterocycles. The second kappa shape index (κ2) is 7.75. The average molecular weight is 344 g/mol. The van der Waals surface area contributed by atoms with Gasteiger partial charge in [0, 0.05) is 36.2 Å². The Morgan fingerprint density at radius 3 is 2.61 bits per heavy atom. The number of carbonyl (C=O) groups excluding carboxylic acids is 1. The molecule has 0 spiro atoms. The Labute approximate surface area is 140 Å². The molecule has 2 unspecified atom stereocenters. The zero-order chi connectivity index (χ0) is 17.0. The van der Waals surface area contributed by atoms with Gasteiger partial charge in [-0.15, -0.1) is 0 Å². The molecule has 2 heterocycles. The summed E-state index contributed by atoms with van der Waals surface area (Å²) in [4.78, 5) is 27.4. The number of carbonyl (C=O) groups is 2. The highest BCUT2D eigenvalue weighted by atomic mass is 32.2. The molecule has 1 N–H and O–H groups in total. The molecule has 0 aliphatic carbocycles. The molecule has 132 valence electrons. The lowest BCUT2D eigenvalue weighted by atomic mass is 9.99. The molecule has 7 heteroatoms. The second-order valence-electron chi connectivity index (χ2n) is 6.58. The number of carboxylic acids is 1. The van der Waals surface area contributed by atoms with Crippen LogP contribution in [0.3, 0.4) is 0 Å². The third kappa shape index (κ3) is 3.94. The normalized spacial score (nSPS) is 29.3. The molecule has 0 bridgehead atoms. The van der Waals surface area contributed by atoms with Crippen molar-refractivity contribution in [3.8, 4) is 0 Å². The van der Waals surface area contributed by atoms with Gasteiger partial charge < -0.3 is 10.0 Å². The highest BCUT2D eigenvalue weighted by molar-refractivity contribution is 7.86. The predicted molar refractivity (Wildman–Crippen MR) is 89.8 cm³/mol. The van der Waals surface area contributed by atoms with Crippen molar-refractivity contribution in [1.82, 2.24) is 9.80 Å². The van der Waals surface area contributed by atoms with Crippen LogP contribution in [0, 0.1) is 0 Å². The molecule has 1 amide bonds. The smallest absolute Gasteiger partial charge is 0.323 e. The number of aliphatic carboxylic acids is 1. The van der Waals surface area contributed by atoms with Crippen LogP contribution in [0.4, 0.5) is 0 Å². The van der Waals surface area contributed by atoms with Gasteiger partial charge in [-0.3, -0.25) is 18.7 Å². The van der Waals surface area contributed by atoms with Gasteiger partial charge in [-0.05, 0) is 32.1 Å². The van der Waals surface area contributed by atoms with Crippen molar-refractivity contribution >= 4 is 22.7 Å². The van der Waals surface area contributed by atoms with Gasteiger partial charge in [-0.2, -0.15) is 0 Å². The lowest BCUT2D eigenvalue weighted by Gasteiger charge is -2.44. The fourth-order valence-electron chi connectivity index (χ4n) is 3.74. The Morgan fingerprint density at radius 1 is 1.30 bits per heavy atom. The number of amides is 1. The van der Waals surface area contributed by atoms with Crippen LogP contribution in [0.2, 0.25) is 0 Å². The van der Waals surface area contributed by atoms with E-state index in [-0.39, 0.29) is 23.2 Å². The van der Waals surface area contributed by atoms with E-state index in [1.807, 2.05) is 0 Å². The maximum Gasteiger partial charge on any atom is 0.323 e. The Bertz CT molecular complexity index is 479. The van der Waals surface area contributed by atoms with Gasteiger partial charge in [0.15, 0.2) is 0 Å². The molecule has 2 aliphatic heterocycles. The summed E-state index contributed by atoms with van der Waals surface area (Å²) in [5.74, 6) is -0.432. The van der Waals surface area contributed by atoms with Crippen molar-refractivity contribution in [3.63, 3.8) is 0 Å². The molecule has 0 radical (unpaired) electrons. The van der Waals surface area contributed by atoms with Gasteiger partial charge in [0.05, 0.1) is 10.8 Å². The zero-order valence-electron chi connectivity index (χ0n) is 14.1. The molecular weight excluding hydrogens is 316 g/mol. The standard InChI is InChI=1S/C16H28N2O4S/c1-3-16(4-2)12-18(9-10-23(16)22)13-7-5-6-8-17(15(13)21)11-14(19)20/h13H,3-12H2,1-2H3,(H,19,20). The molecule has 2 aliphatic rings. The van der Waals surface area contributed by atoms with E-state index in [0.29, 0.717) is 25.4 Å². The van der Waals surface area contributed by atoms with Crippen LogP contribution in [0.5, 0.6) is 0 Å². The highest BCUT2D eigenvalue weighted by Crippen LogP contribution is 2.31. The number of rotatable bonds is 5. The summed E-state index contributed by atoms with van der Waals surface area (Å²) < 4.78 is 12.2. The first kappa shape index (κ1) is 18.4. The Hall–Kier alpha value is -0.950. The molecule has 0 aromatic heterocycles. The van der Waals surface area contributed by atoms with Crippen molar-refractivity contribution in [2.45, 2.75) is 56.7 Å². The van der Waals surface area contributed by atoms with E-state index in [2.05, 4.69) is 18.7 Å². The van der Waals surface area contributed by atoms with Gasteiger partial charge in [0.2, 0.25) is 5.91 Å². The van der Waals surface area contributed by atoms with Crippen LogP contribution in [0.25, 0.3) is 0 Å². The Kier molecular flexibility index (Phi) is 6.19. The number of hydrogen-bond donors (Lipinski definition) is 1. The lowest BCUT2D eigenvalue weighted by Crippen LogP contribution is -2.59. The van der Waals surface area contributed by atoms with Gasteiger partial charge in [0.25, 0.3) is 0 Å². The van der Waals surface area contributed by atoms with Crippen LogP contribution >= 0.6 is 0 Å². The summed E-state index contributed by atoms with van der Waals surface area (Å²) in [7, 11) is -0.856. The number of likely N-dealkylation sites (tertiary alicyclic amines) is 1. The van der Waals surface area contributed by atoms with E-state index in [1.54, 1.807) is 0 Å². The predicted octanol–water partition coefficient (Wildman–Crippen LogP) is 1.08. The maximum atomic E-state index is 12.8. The van der Waals surface area contributed by atoms with Gasteiger partial charge in [0.1, 0.15) is 6.54 Å². The third-order valence-electron chi connectivity index (χ3n) is 5.35. The van der Waals surface area contributed by atoms with Crippen molar-refractivity contribution in [3.05, 3.63) is 0 Å². The van der Waals surface area contributed by atoms with E-state index in [0.717, 1.165) is 32.1 Å². The van der Waals surface area contributed by atoms with Crippen LogP contribution in [0.1, 0.15) is 46.0 Å². The molecule has 2 fully saturated rings. The number of nitrogens with zero attached hydrogens (tertiary/aromatic N) is 2. The van der Waals surface area contributed by atoms with Crippen LogP contribution in [-0.4, -0.2) is 73.7 Å². The quantitative estimate of drug-likeness (QED) is 0.807. The Balaban J connectivity index is 2.16. The summed E-state index contributed by atoms with van der Waals surface area (Å²) in [6, 6.07) is -0.258. The molecule has 0 aromatic rings. The fraction of sp³-hybridized carbons (Fsp3) is 0.875. The maximum absolute atomic E-state index is 12.8. The van der Waals surface area contributed by atoms with E-state index in [1.165, 1.54) is 4.90 Å². The van der Waals surface area contributed by atoms with Crippen molar-refractivity contribution in [2.75, 3.05) is 31.9 Å². The first-order valence-corrected chi connectivity index (χ1v) is 9.88. The summed E-state index contributed by atoms with van der Waals surface area (Å²) in [5, 5.41) is 9.02. The van der Waals surface area contributed by atoms with E-state index in [4.69, 9.17) is 5.11 Å². The molecule has 2 rings (SSSR count). The average Bonchev–Trinajstić information content (AvgIpc) is 2.70. The topological polar surface area (TPSA) is 77.9 Å². The molecular formula is C16H28N2O4S. The molecule has 2 atom stereocenters. The first-order chi connectivity index (χ1) is 10.9. The van der Waals surface area contributed by atoms with Crippen LogP contribution < -0.4 is 0 Å². The SMILES string of the molecule is CCC1(CC)CN(C2CCCCN(CC(=O)O)C2=O)CCS1=O. The highest BCUT2D eigenvalue weighted by Gasteiger charge is 2.43. The van der Waals surface area contributed by atoms with Crippen molar-refractivity contribution < 1.29 is 18.9 Å². The molecule has 0 saturated carbocycles. The number of hydrogen-bond acceptors (Lipinski definition) is 4. The van der Waals surface area contributed by atoms with Gasteiger partial charge >= 0.3 is 5.97 Å². The second-order valence-corrected chi connectivity index (χ2v) is 8.54. The van der Waals surface area contributed by atoms with Crippen molar-refractivity contribution in [1.29, 1.82) is 0 Å². The van der Waals surface area contributed by atoms with E-state index >= 15 is 0 Å². The lowest BCUT2D eigenvalue weighted by molar-refractivity contribution is -0.146. The van der Waals surface area contributed by atoms with E-state index in [9.17, 15) is 13.8 Å². The molecule has 6 nitrogen and oxygen atoms in total. The molecule has 23 heavy (non-hydrogen) atoms. The zero-order valence-corrected chi connectivity index (χ0v) is 14.9. The minimum absolute atomic E-state index is 0.0707.